The molecule has 1 atom stereocenters. The number of aliphatic hydroxyl groups excluding tert-OH is 1. The van der Waals surface area contributed by atoms with Gasteiger partial charge < -0.3 is 19.5 Å². The number of ether oxygens (including phenoxy) is 2. The van der Waals surface area contributed by atoms with Crippen molar-refractivity contribution in [3.05, 3.63) is 72.6 Å². The minimum absolute atomic E-state index is 0.501. The molecular formula is C24H24N6O3. The summed E-state index contributed by atoms with van der Waals surface area (Å²) in [4.78, 5) is 5.99. The number of tetrazole rings is 1. The van der Waals surface area contributed by atoms with Crippen molar-refractivity contribution in [1.29, 1.82) is 0 Å². The van der Waals surface area contributed by atoms with Crippen LogP contribution in [-0.2, 0) is 0 Å². The Labute approximate surface area is 191 Å². The second-order valence-electron chi connectivity index (χ2n) is 7.90. The molecule has 1 fully saturated rings. The van der Waals surface area contributed by atoms with Crippen LogP contribution < -0.4 is 14.4 Å². The smallest absolute Gasteiger partial charge is 0.204 e. The number of hydrogen-bond acceptors (Lipinski definition) is 8. The van der Waals surface area contributed by atoms with E-state index in [9.17, 15) is 5.11 Å². The third-order valence-corrected chi connectivity index (χ3v) is 5.57. The van der Waals surface area contributed by atoms with Crippen molar-refractivity contribution in [3.8, 4) is 22.9 Å². The Morgan fingerprint density at radius 2 is 1.91 bits per heavy atom. The summed E-state index contributed by atoms with van der Waals surface area (Å²) in [6, 6.07) is 16.9. The number of H-pyrrole nitrogens is 1. The molecule has 1 aliphatic rings. The maximum absolute atomic E-state index is 11.4. The molecule has 0 radical (unpaired) electrons. The SMILES string of the molecule is COc1ccc(N(c2ccc(-c3nn[nH]n3)cc2)C(O)c2cccnc2)cc1OCC1CC1. The van der Waals surface area contributed by atoms with Crippen molar-refractivity contribution in [2.24, 2.45) is 5.92 Å². The number of nitrogens with zero attached hydrogens (tertiary/aromatic N) is 5. The van der Waals surface area contributed by atoms with E-state index in [0.717, 1.165) is 16.9 Å². The van der Waals surface area contributed by atoms with Gasteiger partial charge in [0.2, 0.25) is 5.82 Å². The van der Waals surface area contributed by atoms with Gasteiger partial charge in [0, 0.05) is 41.0 Å². The Bertz CT molecular complexity index is 1180. The van der Waals surface area contributed by atoms with Crippen LogP contribution in [0.4, 0.5) is 11.4 Å². The van der Waals surface area contributed by atoms with Crippen LogP contribution in [0.25, 0.3) is 11.4 Å². The molecule has 4 aromatic rings. The lowest BCUT2D eigenvalue weighted by Gasteiger charge is -2.31. The van der Waals surface area contributed by atoms with Crippen LogP contribution in [0, 0.1) is 5.92 Å². The average Bonchev–Trinajstić information content (AvgIpc) is 3.54. The molecule has 2 N–H and O–H groups in total. The van der Waals surface area contributed by atoms with Gasteiger partial charge in [-0.1, -0.05) is 6.07 Å². The predicted molar refractivity (Wildman–Crippen MR) is 122 cm³/mol. The van der Waals surface area contributed by atoms with Gasteiger partial charge in [0.1, 0.15) is 0 Å². The molecule has 0 saturated heterocycles. The molecular weight excluding hydrogens is 420 g/mol. The quantitative estimate of drug-likeness (QED) is 0.374. The molecule has 9 heteroatoms. The first-order valence-corrected chi connectivity index (χ1v) is 10.7. The number of methoxy groups -OCH3 is 1. The lowest BCUT2D eigenvalue weighted by atomic mass is 10.1. The monoisotopic (exact) mass is 444 g/mol. The molecule has 0 spiro atoms. The van der Waals surface area contributed by atoms with Gasteiger partial charge in [0.25, 0.3) is 0 Å². The highest BCUT2D eigenvalue weighted by molar-refractivity contribution is 5.70. The van der Waals surface area contributed by atoms with E-state index >= 15 is 0 Å². The van der Waals surface area contributed by atoms with E-state index in [1.807, 2.05) is 53.4 Å². The number of pyridine rings is 1. The van der Waals surface area contributed by atoms with Gasteiger partial charge in [-0.25, -0.2) is 0 Å². The molecule has 168 valence electrons. The largest absolute Gasteiger partial charge is 0.493 e. The Morgan fingerprint density at radius 3 is 2.58 bits per heavy atom. The van der Waals surface area contributed by atoms with Crippen molar-refractivity contribution in [2.45, 2.75) is 19.1 Å². The number of anilines is 2. The lowest BCUT2D eigenvalue weighted by Crippen LogP contribution is -2.23. The van der Waals surface area contributed by atoms with Crippen molar-refractivity contribution < 1.29 is 14.6 Å². The van der Waals surface area contributed by atoms with Crippen LogP contribution in [0.2, 0.25) is 0 Å². The fourth-order valence-corrected chi connectivity index (χ4v) is 3.58. The summed E-state index contributed by atoms with van der Waals surface area (Å²) in [6.45, 7) is 0.657. The van der Waals surface area contributed by atoms with Gasteiger partial charge in [0.05, 0.1) is 13.7 Å². The van der Waals surface area contributed by atoms with Crippen LogP contribution in [0.3, 0.4) is 0 Å². The van der Waals surface area contributed by atoms with E-state index < -0.39 is 6.23 Å². The number of rotatable bonds is 9. The molecule has 0 amide bonds. The van der Waals surface area contributed by atoms with Crippen LogP contribution in [0.1, 0.15) is 24.6 Å². The first-order chi connectivity index (χ1) is 16.2. The first-order valence-electron chi connectivity index (χ1n) is 10.7. The van der Waals surface area contributed by atoms with Crippen molar-refractivity contribution >= 4 is 11.4 Å². The lowest BCUT2D eigenvalue weighted by molar-refractivity contribution is 0.184. The van der Waals surface area contributed by atoms with Crippen molar-refractivity contribution in [2.75, 3.05) is 18.6 Å². The zero-order chi connectivity index (χ0) is 22.6. The highest BCUT2D eigenvalue weighted by Crippen LogP contribution is 2.40. The number of benzene rings is 2. The summed E-state index contributed by atoms with van der Waals surface area (Å²) < 4.78 is 11.6. The van der Waals surface area contributed by atoms with Crippen LogP contribution in [-0.4, -0.2) is 44.4 Å². The van der Waals surface area contributed by atoms with Gasteiger partial charge in [-0.2, -0.15) is 5.21 Å². The summed E-state index contributed by atoms with van der Waals surface area (Å²) in [5.41, 5.74) is 3.00. The molecule has 0 aliphatic heterocycles. The molecule has 33 heavy (non-hydrogen) atoms. The minimum atomic E-state index is -0.973. The molecule has 2 heterocycles. The molecule has 2 aromatic carbocycles. The summed E-state index contributed by atoms with van der Waals surface area (Å²) in [6.07, 6.45) is 4.75. The van der Waals surface area contributed by atoms with E-state index in [1.54, 1.807) is 25.6 Å². The van der Waals surface area contributed by atoms with Gasteiger partial charge >= 0.3 is 0 Å². The third kappa shape index (κ3) is 4.63. The van der Waals surface area contributed by atoms with Gasteiger partial charge in [-0.15, -0.1) is 10.2 Å². The predicted octanol–water partition coefficient (Wildman–Crippen LogP) is 3.89. The highest BCUT2D eigenvalue weighted by Gasteiger charge is 2.25. The molecule has 9 nitrogen and oxygen atoms in total. The third-order valence-electron chi connectivity index (χ3n) is 5.57. The van der Waals surface area contributed by atoms with Crippen molar-refractivity contribution in [3.63, 3.8) is 0 Å². The first kappa shape index (κ1) is 20.9. The number of hydrogen-bond donors (Lipinski definition) is 2. The maximum Gasteiger partial charge on any atom is 0.204 e. The summed E-state index contributed by atoms with van der Waals surface area (Å²) in [5.74, 6) is 2.41. The maximum atomic E-state index is 11.4. The fraction of sp³-hybridized carbons (Fsp3) is 0.250. The minimum Gasteiger partial charge on any atom is -0.493 e. The Kier molecular flexibility index (Phi) is 5.86. The average molecular weight is 444 g/mol. The van der Waals surface area contributed by atoms with E-state index in [4.69, 9.17) is 9.47 Å². The normalized spacial score (nSPS) is 14.0. The Hall–Kier alpha value is -3.98. The summed E-state index contributed by atoms with van der Waals surface area (Å²) in [5, 5.41) is 25.5. The zero-order valence-corrected chi connectivity index (χ0v) is 18.1. The standard InChI is InChI=1S/C24H24N6O3/c1-32-21-11-10-20(13-22(21)33-15-16-4-5-16)30(24(31)18-3-2-12-25-14-18)19-8-6-17(7-9-19)23-26-28-29-27-23/h2-3,6-14,16,24,31H,4-5,15H2,1H3,(H,26,27,28,29). The fourth-order valence-electron chi connectivity index (χ4n) is 3.58. The van der Waals surface area contributed by atoms with E-state index in [0.29, 0.717) is 35.4 Å². The Balaban J connectivity index is 1.53. The number of aromatic amines is 1. The second-order valence-corrected chi connectivity index (χ2v) is 7.90. The molecule has 1 aliphatic carbocycles. The second kappa shape index (κ2) is 9.25. The molecule has 1 saturated carbocycles. The van der Waals surface area contributed by atoms with Gasteiger partial charge in [-0.05, 0) is 66.4 Å². The number of nitrogens with one attached hydrogen (secondary N) is 1. The van der Waals surface area contributed by atoms with Crippen LogP contribution in [0.5, 0.6) is 11.5 Å². The Morgan fingerprint density at radius 1 is 1.09 bits per heavy atom. The van der Waals surface area contributed by atoms with E-state index in [-0.39, 0.29) is 0 Å². The number of aliphatic hydroxyl groups is 1. The molecule has 0 bridgehead atoms. The van der Waals surface area contributed by atoms with Crippen molar-refractivity contribution in [1.82, 2.24) is 25.6 Å². The summed E-state index contributed by atoms with van der Waals surface area (Å²) in [7, 11) is 1.62. The van der Waals surface area contributed by atoms with Gasteiger partial charge in [-0.3, -0.25) is 4.98 Å². The van der Waals surface area contributed by atoms with E-state index in [1.165, 1.54) is 12.8 Å². The summed E-state index contributed by atoms with van der Waals surface area (Å²) >= 11 is 0. The highest BCUT2D eigenvalue weighted by atomic mass is 16.5. The molecule has 2 aromatic heterocycles. The van der Waals surface area contributed by atoms with E-state index in [2.05, 4.69) is 25.6 Å². The van der Waals surface area contributed by atoms with Crippen LogP contribution in [0.15, 0.2) is 67.0 Å². The zero-order valence-electron chi connectivity index (χ0n) is 18.1. The molecule has 5 rings (SSSR count). The molecule has 1 unspecified atom stereocenters. The van der Waals surface area contributed by atoms with Crippen LogP contribution >= 0.6 is 0 Å². The topological polar surface area (TPSA) is 109 Å². The number of aromatic nitrogens is 5. The van der Waals surface area contributed by atoms with Gasteiger partial charge in [0.15, 0.2) is 17.7 Å².